The van der Waals surface area contributed by atoms with E-state index in [0.717, 1.165) is 5.92 Å². The van der Waals surface area contributed by atoms with Gasteiger partial charge in [-0.15, -0.1) is 0 Å². The molecule has 0 nitrogen and oxygen atoms in total. The SMILES string of the molecule is CC(C)CCCCCc1ccccc1Br. The van der Waals surface area contributed by atoms with Gasteiger partial charge in [0.2, 0.25) is 0 Å². The van der Waals surface area contributed by atoms with Crippen LogP contribution in [0.15, 0.2) is 28.7 Å². The van der Waals surface area contributed by atoms with Crippen molar-refractivity contribution in [2.24, 2.45) is 5.92 Å². The second kappa shape index (κ2) is 7.05. The Bertz CT molecular complexity index is 278. The fraction of sp³-hybridized carbons (Fsp3) is 0.571. The van der Waals surface area contributed by atoms with Crippen LogP contribution in [0.25, 0.3) is 0 Å². The van der Waals surface area contributed by atoms with Gasteiger partial charge in [-0.3, -0.25) is 0 Å². The summed E-state index contributed by atoms with van der Waals surface area (Å²) >= 11 is 3.59. The van der Waals surface area contributed by atoms with E-state index in [2.05, 4.69) is 54.0 Å². The van der Waals surface area contributed by atoms with E-state index >= 15 is 0 Å². The Balaban J connectivity index is 2.18. The second-order valence-electron chi connectivity index (χ2n) is 4.58. The van der Waals surface area contributed by atoms with Crippen LogP contribution in [0.5, 0.6) is 0 Å². The van der Waals surface area contributed by atoms with Gasteiger partial charge >= 0.3 is 0 Å². The lowest BCUT2D eigenvalue weighted by Gasteiger charge is -2.05. The van der Waals surface area contributed by atoms with Crippen LogP contribution in [0.4, 0.5) is 0 Å². The van der Waals surface area contributed by atoms with Gasteiger partial charge in [-0.25, -0.2) is 0 Å². The fourth-order valence-electron chi connectivity index (χ4n) is 1.75. The average Bonchev–Trinajstić information content (AvgIpc) is 2.20. The van der Waals surface area contributed by atoms with Crippen LogP contribution in [0, 0.1) is 5.92 Å². The predicted molar refractivity (Wildman–Crippen MR) is 71.2 cm³/mol. The quantitative estimate of drug-likeness (QED) is 0.622. The van der Waals surface area contributed by atoms with Gasteiger partial charge in [0, 0.05) is 4.47 Å². The molecule has 0 spiro atoms. The molecule has 0 saturated carbocycles. The molecule has 1 aromatic rings. The van der Waals surface area contributed by atoms with E-state index in [1.54, 1.807) is 0 Å². The molecule has 0 saturated heterocycles. The fourth-order valence-corrected chi connectivity index (χ4v) is 2.23. The second-order valence-corrected chi connectivity index (χ2v) is 5.44. The van der Waals surface area contributed by atoms with Gasteiger partial charge in [-0.05, 0) is 30.4 Å². The van der Waals surface area contributed by atoms with Crippen molar-refractivity contribution in [3.8, 4) is 0 Å². The van der Waals surface area contributed by atoms with Crippen molar-refractivity contribution < 1.29 is 0 Å². The number of benzene rings is 1. The predicted octanol–water partition coefficient (Wildman–Crippen LogP) is 5.21. The Labute approximate surface area is 102 Å². The maximum Gasteiger partial charge on any atom is 0.0207 e. The van der Waals surface area contributed by atoms with Crippen molar-refractivity contribution in [3.63, 3.8) is 0 Å². The molecule has 0 aliphatic carbocycles. The molecular formula is C14H21Br. The molecule has 0 aromatic heterocycles. The van der Waals surface area contributed by atoms with E-state index in [1.807, 2.05) is 0 Å². The largest absolute Gasteiger partial charge is 0.0628 e. The first-order valence-corrected chi connectivity index (χ1v) is 6.73. The van der Waals surface area contributed by atoms with E-state index in [1.165, 1.54) is 42.1 Å². The highest BCUT2D eigenvalue weighted by Gasteiger charge is 1.98. The third-order valence-electron chi connectivity index (χ3n) is 2.69. The summed E-state index contributed by atoms with van der Waals surface area (Å²) in [6, 6.07) is 8.54. The molecule has 0 aliphatic heterocycles. The maximum absolute atomic E-state index is 3.59. The molecule has 0 heterocycles. The summed E-state index contributed by atoms with van der Waals surface area (Å²) in [4.78, 5) is 0. The van der Waals surface area contributed by atoms with E-state index in [-0.39, 0.29) is 0 Å². The monoisotopic (exact) mass is 268 g/mol. The highest BCUT2D eigenvalue weighted by atomic mass is 79.9. The zero-order valence-electron chi connectivity index (χ0n) is 9.80. The highest BCUT2D eigenvalue weighted by molar-refractivity contribution is 9.10. The molecule has 84 valence electrons. The molecule has 0 aliphatic rings. The van der Waals surface area contributed by atoms with Crippen molar-refractivity contribution in [1.29, 1.82) is 0 Å². The van der Waals surface area contributed by atoms with Gasteiger partial charge < -0.3 is 0 Å². The van der Waals surface area contributed by atoms with Gasteiger partial charge in [-0.1, -0.05) is 67.2 Å². The molecule has 0 bridgehead atoms. The van der Waals surface area contributed by atoms with Crippen LogP contribution in [-0.2, 0) is 6.42 Å². The number of hydrogen-bond acceptors (Lipinski definition) is 0. The number of hydrogen-bond donors (Lipinski definition) is 0. The van der Waals surface area contributed by atoms with E-state index < -0.39 is 0 Å². The number of aryl methyl sites for hydroxylation is 1. The van der Waals surface area contributed by atoms with Crippen molar-refractivity contribution in [2.75, 3.05) is 0 Å². The Hall–Kier alpha value is -0.300. The number of rotatable bonds is 6. The molecule has 15 heavy (non-hydrogen) atoms. The van der Waals surface area contributed by atoms with Crippen molar-refractivity contribution in [2.45, 2.75) is 46.0 Å². The number of halogens is 1. The minimum Gasteiger partial charge on any atom is -0.0628 e. The molecule has 1 rings (SSSR count). The van der Waals surface area contributed by atoms with Crippen molar-refractivity contribution in [1.82, 2.24) is 0 Å². The van der Waals surface area contributed by atoms with Gasteiger partial charge in [-0.2, -0.15) is 0 Å². The molecule has 0 unspecified atom stereocenters. The molecule has 0 fully saturated rings. The van der Waals surface area contributed by atoms with E-state index in [0.29, 0.717) is 0 Å². The van der Waals surface area contributed by atoms with Gasteiger partial charge in [0.25, 0.3) is 0 Å². The Morgan fingerprint density at radius 3 is 2.47 bits per heavy atom. The Morgan fingerprint density at radius 1 is 1.07 bits per heavy atom. The normalized spacial score (nSPS) is 10.9. The van der Waals surface area contributed by atoms with Gasteiger partial charge in [0.15, 0.2) is 0 Å². The van der Waals surface area contributed by atoms with Crippen LogP contribution in [-0.4, -0.2) is 0 Å². The zero-order chi connectivity index (χ0) is 11.1. The van der Waals surface area contributed by atoms with Crippen LogP contribution < -0.4 is 0 Å². The third kappa shape index (κ3) is 5.36. The topological polar surface area (TPSA) is 0 Å². The van der Waals surface area contributed by atoms with Crippen LogP contribution in [0.1, 0.15) is 45.1 Å². The zero-order valence-corrected chi connectivity index (χ0v) is 11.4. The van der Waals surface area contributed by atoms with E-state index in [9.17, 15) is 0 Å². The summed E-state index contributed by atoms with van der Waals surface area (Å²) in [5.74, 6) is 0.855. The van der Waals surface area contributed by atoms with Gasteiger partial charge in [0.1, 0.15) is 0 Å². The van der Waals surface area contributed by atoms with Crippen LogP contribution in [0.3, 0.4) is 0 Å². The molecule has 1 heteroatoms. The van der Waals surface area contributed by atoms with Crippen molar-refractivity contribution >= 4 is 15.9 Å². The first kappa shape index (κ1) is 12.8. The minimum absolute atomic E-state index is 0.855. The molecule has 0 N–H and O–H groups in total. The average molecular weight is 269 g/mol. The number of unbranched alkanes of at least 4 members (excludes halogenated alkanes) is 2. The highest BCUT2D eigenvalue weighted by Crippen LogP contribution is 2.18. The lowest BCUT2D eigenvalue weighted by Crippen LogP contribution is -1.90. The summed E-state index contributed by atoms with van der Waals surface area (Å²) in [5, 5.41) is 0. The first-order valence-electron chi connectivity index (χ1n) is 5.93. The van der Waals surface area contributed by atoms with E-state index in [4.69, 9.17) is 0 Å². The smallest absolute Gasteiger partial charge is 0.0207 e. The molecular weight excluding hydrogens is 248 g/mol. The summed E-state index contributed by atoms with van der Waals surface area (Å²) in [6.07, 6.45) is 6.63. The minimum atomic E-state index is 0.855. The molecule has 1 aromatic carbocycles. The third-order valence-corrected chi connectivity index (χ3v) is 3.46. The van der Waals surface area contributed by atoms with Crippen LogP contribution in [0.2, 0.25) is 0 Å². The summed E-state index contributed by atoms with van der Waals surface area (Å²) in [6.45, 7) is 4.60. The maximum atomic E-state index is 3.59. The summed E-state index contributed by atoms with van der Waals surface area (Å²) in [7, 11) is 0. The Morgan fingerprint density at radius 2 is 1.80 bits per heavy atom. The molecule has 0 radical (unpaired) electrons. The first-order chi connectivity index (χ1) is 7.20. The Kier molecular flexibility index (Phi) is 6.00. The standard InChI is InChI=1S/C14H21Br/c1-12(2)8-4-3-5-9-13-10-6-7-11-14(13)15/h6-7,10-12H,3-5,8-9H2,1-2H3. The lowest BCUT2D eigenvalue weighted by atomic mass is 10.0. The molecule has 0 atom stereocenters. The van der Waals surface area contributed by atoms with Crippen LogP contribution >= 0.6 is 15.9 Å². The molecule has 0 amide bonds. The van der Waals surface area contributed by atoms with Gasteiger partial charge in [0.05, 0.1) is 0 Å². The lowest BCUT2D eigenvalue weighted by molar-refractivity contribution is 0.527. The summed E-state index contributed by atoms with van der Waals surface area (Å²) in [5.41, 5.74) is 1.45. The summed E-state index contributed by atoms with van der Waals surface area (Å²) < 4.78 is 1.26. The van der Waals surface area contributed by atoms with Crippen molar-refractivity contribution in [3.05, 3.63) is 34.3 Å².